The number of aromatic carboxylic acids is 2. The van der Waals surface area contributed by atoms with Gasteiger partial charge in [0.25, 0.3) is 0 Å². The molecule has 0 unspecified atom stereocenters. The number of rotatable bonds is 2. The zero-order valence-corrected chi connectivity index (χ0v) is 8.85. The van der Waals surface area contributed by atoms with Crippen LogP contribution in [0.2, 0.25) is 0 Å². The lowest BCUT2D eigenvalue weighted by Gasteiger charge is -2.05. The van der Waals surface area contributed by atoms with Gasteiger partial charge in [-0.1, -0.05) is 25.7 Å². The Kier molecular flexibility index (Phi) is 4.51. The molecule has 1 aromatic carbocycles. The van der Waals surface area contributed by atoms with Crippen LogP contribution in [0, 0.1) is 0 Å². The lowest BCUT2D eigenvalue weighted by Crippen LogP contribution is -1.99. The van der Waals surface area contributed by atoms with Crippen LogP contribution in [-0.4, -0.2) is 22.2 Å². The van der Waals surface area contributed by atoms with Gasteiger partial charge in [0.1, 0.15) is 0 Å². The summed E-state index contributed by atoms with van der Waals surface area (Å²) in [6.45, 7) is 0. The quantitative estimate of drug-likeness (QED) is 0.806. The van der Waals surface area contributed by atoms with Gasteiger partial charge in [0.2, 0.25) is 0 Å². The van der Waals surface area contributed by atoms with E-state index in [9.17, 15) is 9.59 Å². The molecule has 1 aliphatic carbocycles. The maximum absolute atomic E-state index is 10.3. The molecule has 0 spiro atoms. The zero-order valence-electron chi connectivity index (χ0n) is 8.85. The van der Waals surface area contributed by atoms with E-state index in [-0.39, 0.29) is 11.1 Å². The topological polar surface area (TPSA) is 74.6 Å². The number of carboxylic acid groups (broad SMARTS) is 2. The zero-order chi connectivity index (χ0) is 12.0. The normalized spacial score (nSPS) is 13.0. The molecule has 0 saturated heterocycles. The summed E-state index contributed by atoms with van der Waals surface area (Å²) in [5.41, 5.74) is 0.167. The monoisotopic (exact) mass is 222 g/mol. The van der Waals surface area contributed by atoms with Crippen molar-refractivity contribution >= 4 is 11.9 Å². The molecule has 16 heavy (non-hydrogen) atoms. The summed E-state index contributed by atoms with van der Waals surface area (Å²) in [6.07, 6.45) is 6.00. The molecule has 86 valence electrons. The van der Waals surface area contributed by atoms with Gasteiger partial charge in [-0.2, -0.15) is 0 Å². The highest BCUT2D eigenvalue weighted by atomic mass is 16.4. The van der Waals surface area contributed by atoms with E-state index >= 15 is 0 Å². The molecule has 0 aromatic heterocycles. The molecule has 1 saturated carbocycles. The van der Waals surface area contributed by atoms with E-state index in [1.54, 1.807) is 0 Å². The molecule has 1 aromatic rings. The van der Waals surface area contributed by atoms with Crippen molar-refractivity contribution in [3.63, 3.8) is 0 Å². The first-order valence-electron chi connectivity index (χ1n) is 5.18. The Bertz CT molecular complexity index is 326. The second-order valence-electron chi connectivity index (χ2n) is 3.60. The minimum atomic E-state index is -1.06. The van der Waals surface area contributed by atoms with Gasteiger partial charge in [-0.3, -0.25) is 0 Å². The van der Waals surface area contributed by atoms with Gasteiger partial charge in [0, 0.05) is 0 Å². The highest BCUT2D eigenvalue weighted by Crippen LogP contribution is 2.15. The second-order valence-corrected chi connectivity index (χ2v) is 3.60. The van der Waals surface area contributed by atoms with Crippen molar-refractivity contribution < 1.29 is 19.8 Å². The smallest absolute Gasteiger partial charge is 0.335 e. The van der Waals surface area contributed by atoms with Gasteiger partial charge in [0.15, 0.2) is 0 Å². The predicted molar refractivity (Wildman–Crippen MR) is 58.8 cm³/mol. The van der Waals surface area contributed by atoms with Gasteiger partial charge < -0.3 is 10.2 Å². The first-order valence-corrected chi connectivity index (χ1v) is 5.18. The molecule has 0 atom stereocenters. The van der Waals surface area contributed by atoms with Crippen molar-refractivity contribution in [2.24, 2.45) is 0 Å². The fourth-order valence-corrected chi connectivity index (χ4v) is 1.01. The Balaban J connectivity index is 0.000000267. The van der Waals surface area contributed by atoms with Crippen LogP contribution in [0.1, 0.15) is 46.4 Å². The molecule has 0 heterocycles. The Hall–Kier alpha value is -1.84. The highest BCUT2D eigenvalue weighted by Gasteiger charge is 2.04. The summed E-state index contributed by atoms with van der Waals surface area (Å²) in [5, 5.41) is 16.9. The lowest BCUT2D eigenvalue weighted by molar-refractivity contribution is 0.0681. The third-order valence-electron chi connectivity index (χ3n) is 2.38. The van der Waals surface area contributed by atoms with Gasteiger partial charge >= 0.3 is 11.9 Å². The van der Waals surface area contributed by atoms with Crippen LogP contribution in [0.3, 0.4) is 0 Å². The molecule has 4 heteroatoms. The first-order chi connectivity index (χ1) is 7.61. The third-order valence-corrected chi connectivity index (χ3v) is 2.38. The van der Waals surface area contributed by atoms with Gasteiger partial charge in [0.05, 0.1) is 11.1 Å². The van der Waals surface area contributed by atoms with E-state index in [0.717, 1.165) is 0 Å². The number of benzene rings is 1. The summed E-state index contributed by atoms with van der Waals surface area (Å²) in [5.74, 6) is -2.13. The number of carboxylic acids is 2. The number of carbonyl (C=O) groups is 2. The fourth-order valence-electron chi connectivity index (χ4n) is 1.01. The van der Waals surface area contributed by atoms with Crippen LogP contribution >= 0.6 is 0 Å². The van der Waals surface area contributed by atoms with E-state index in [2.05, 4.69) is 0 Å². The SMILES string of the molecule is C1CCC1.O=C(O)c1ccc(C(=O)O)cc1. The molecule has 0 bridgehead atoms. The van der Waals surface area contributed by atoms with Crippen LogP contribution < -0.4 is 0 Å². The molecule has 0 amide bonds. The summed E-state index contributed by atoms with van der Waals surface area (Å²) < 4.78 is 0. The van der Waals surface area contributed by atoms with Gasteiger partial charge in [-0.15, -0.1) is 0 Å². The summed E-state index contributed by atoms with van der Waals surface area (Å²) >= 11 is 0. The maximum atomic E-state index is 10.3. The van der Waals surface area contributed by atoms with Crippen molar-refractivity contribution in [1.29, 1.82) is 0 Å². The average molecular weight is 222 g/mol. The van der Waals surface area contributed by atoms with Crippen molar-refractivity contribution in [2.45, 2.75) is 25.7 Å². The first kappa shape index (κ1) is 12.2. The van der Waals surface area contributed by atoms with Crippen molar-refractivity contribution in [3.05, 3.63) is 35.4 Å². The van der Waals surface area contributed by atoms with E-state index < -0.39 is 11.9 Å². The molecule has 0 aliphatic heterocycles. The number of hydrogen-bond donors (Lipinski definition) is 2. The summed E-state index contributed by atoms with van der Waals surface area (Å²) in [4.78, 5) is 20.7. The molecule has 0 radical (unpaired) electrons. The third kappa shape index (κ3) is 3.73. The van der Waals surface area contributed by atoms with Gasteiger partial charge in [-0.25, -0.2) is 9.59 Å². The molecule has 2 rings (SSSR count). The average Bonchev–Trinajstić information content (AvgIpc) is 2.15. The van der Waals surface area contributed by atoms with E-state index in [4.69, 9.17) is 10.2 Å². The van der Waals surface area contributed by atoms with Crippen molar-refractivity contribution in [2.75, 3.05) is 0 Å². The molecular formula is C12H14O4. The standard InChI is InChI=1S/C8H6O4.C4H8/c9-7(10)5-1-2-6(4-3-5)8(11)12;1-2-4-3-1/h1-4H,(H,9,10)(H,11,12);1-4H2. The maximum Gasteiger partial charge on any atom is 0.335 e. The summed E-state index contributed by atoms with van der Waals surface area (Å²) in [7, 11) is 0. The van der Waals surface area contributed by atoms with Gasteiger partial charge in [-0.05, 0) is 24.3 Å². The fraction of sp³-hybridized carbons (Fsp3) is 0.333. The Morgan fingerprint density at radius 2 is 1.00 bits per heavy atom. The van der Waals surface area contributed by atoms with Crippen molar-refractivity contribution in [1.82, 2.24) is 0 Å². The Labute approximate surface area is 93.5 Å². The largest absolute Gasteiger partial charge is 0.478 e. The Morgan fingerprint density at radius 1 is 0.750 bits per heavy atom. The molecule has 1 aliphatic rings. The van der Waals surface area contributed by atoms with Crippen molar-refractivity contribution in [3.8, 4) is 0 Å². The lowest BCUT2D eigenvalue weighted by atomic mass is 10.0. The minimum absolute atomic E-state index is 0.0833. The molecule has 1 fully saturated rings. The molecule has 2 N–H and O–H groups in total. The highest BCUT2D eigenvalue weighted by molar-refractivity contribution is 5.91. The van der Waals surface area contributed by atoms with Crippen LogP contribution in [0.25, 0.3) is 0 Å². The summed E-state index contributed by atoms with van der Waals surface area (Å²) in [6, 6.07) is 5.02. The predicted octanol–water partition coefficient (Wildman–Crippen LogP) is 2.64. The molecular weight excluding hydrogens is 208 g/mol. The second kappa shape index (κ2) is 5.90. The van der Waals surface area contributed by atoms with Crippen LogP contribution in [0.15, 0.2) is 24.3 Å². The van der Waals surface area contributed by atoms with E-state index in [0.29, 0.717) is 0 Å². The van der Waals surface area contributed by atoms with Crippen LogP contribution in [-0.2, 0) is 0 Å². The van der Waals surface area contributed by atoms with Crippen LogP contribution in [0.4, 0.5) is 0 Å². The van der Waals surface area contributed by atoms with E-state index in [1.165, 1.54) is 49.9 Å². The Morgan fingerprint density at radius 3 is 1.12 bits per heavy atom. The molecule has 4 nitrogen and oxygen atoms in total. The number of hydrogen-bond acceptors (Lipinski definition) is 2. The minimum Gasteiger partial charge on any atom is -0.478 e. The van der Waals surface area contributed by atoms with Crippen LogP contribution in [0.5, 0.6) is 0 Å². The van der Waals surface area contributed by atoms with E-state index in [1.807, 2.05) is 0 Å².